The van der Waals surface area contributed by atoms with Crippen molar-refractivity contribution in [1.29, 1.82) is 0 Å². The Labute approximate surface area is 112 Å². The van der Waals surface area contributed by atoms with E-state index in [1.165, 1.54) is 6.20 Å². The van der Waals surface area contributed by atoms with Crippen LogP contribution in [0, 0.1) is 0 Å². The Morgan fingerprint density at radius 3 is 2.89 bits per heavy atom. The molecule has 1 aromatic carbocycles. The molecule has 0 fully saturated rings. The Hall–Kier alpha value is -2.14. The average Bonchev–Trinajstić information content (AvgIpc) is 2.88. The molecule has 0 spiro atoms. The van der Waals surface area contributed by atoms with Crippen molar-refractivity contribution in [3.8, 4) is 5.69 Å². The van der Waals surface area contributed by atoms with Crippen molar-refractivity contribution >= 4 is 5.97 Å². The van der Waals surface area contributed by atoms with Gasteiger partial charge >= 0.3 is 5.97 Å². The van der Waals surface area contributed by atoms with E-state index in [0.29, 0.717) is 12.2 Å². The number of benzene rings is 1. The molecule has 0 radical (unpaired) electrons. The maximum absolute atomic E-state index is 11.6. The van der Waals surface area contributed by atoms with Gasteiger partial charge in [-0.2, -0.15) is 5.10 Å². The molecule has 0 saturated carbocycles. The fourth-order valence-electron chi connectivity index (χ4n) is 1.86. The molecule has 0 bridgehead atoms. The number of hydrogen-bond acceptors (Lipinski definition) is 4. The first-order valence-electron chi connectivity index (χ1n) is 6.20. The summed E-state index contributed by atoms with van der Waals surface area (Å²) < 4.78 is 6.58. The third-order valence-electron chi connectivity index (χ3n) is 2.77. The van der Waals surface area contributed by atoms with Crippen molar-refractivity contribution in [2.24, 2.45) is 5.73 Å². The molecule has 2 aromatic rings. The van der Waals surface area contributed by atoms with Gasteiger partial charge in [-0.25, -0.2) is 9.48 Å². The Balaban J connectivity index is 2.36. The van der Waals surface area contributed by atoms with Gasteiger partial charge in [-0.15, -0.1) is 0 Å². The Morgan fingerprint density at radius 1 is 1.47 bits per heavy atom. The van der Waals surface area contributed by atoms with Gasteiger partial charge in [-0.3, -0.25) is 0 Å². The molecular weight excluding hydrogens is 242 g/mol. The number of esters is 1. The first-order chi connectivity index (χ1) is 9.13. The summed E-state index contributed by atoms with van der Waals surface area (Å²) in [6.45, 7) is 4.03. The van der Waals surface area contributed by atoms with Crippen LogP contribution in [0.1, 0.15) is 35.8 Å². The Morgan fingerprint density at radius 2 is 2.21 bits per heavy atom. The first-order valence-corrected chi connectivity index (χ1v) is 6.20. The minimum Gasteiger partial charge on any atom is -0.462 e. The summed E-state index contributed by atoms with van der Waals surface area (Å²) >= 11 is 0. The number of para-hydroxylation sites is 1. The molecule has 0 unspecified atom stereocenters. The summed E-state index contributed by atoms with van der Waals surface area (Å²) in [7, 11) is 0. The molecule has 5 nitrogen and oxygen atoms in total. The molecular formula is C14H17N3O2. The third kappa shape index (κ3) is 2.82. The molecule has 2 N–H and O–H groups in total. The molecule has 2 rings (SSSR count). The summed E-state index contributed by atoms with van der Waals surface area (Å²) in [4.78, 5) is 11.6. The number of carbonyl (C=O) groups excluding carboxylic acids is 1. The highest BCUT2D eigenvalue weighted by atomic mass is 16.5. The molecule has 0 aliphatic heterocycles. The molecule has 19 heavy (non-hydrogen) atoms. The lowest BCUT2D eigenvalue weighted by Crippen LogP contribution is -2.10. The summed E-state index contributed by atoms with van der Waals surface area (Å²) in [5, 5.41) is 4.19. The van der Waals surface area contributed by atoms with Crippen LogP contribution in [0.3, 0.4) is 0 Å². The molecule has 0 aliphatic carbocycles. The molecule has 0 amide bonds. The second kappa shape index (κ2) is 5.67. The van der Waals surface area contributed by atoms with Crippen LogP contribution in [0.5, 0.6) is 0 Å². The van der Waals surface area contributed by atoms with Crippen LogP contribution in [0.4, 0.5) is 0 Å². The Bertz CT molecular complexity index is 576. The Kier molecular flexibility index (Phi) is 3.97. The van der Waals surface area contributed by atoms with Crippen molar-refractivity contribution in [3.63, 3.8) is 0 Å². The highest BCUT2D eigenvalue weighted by Gasteiger charge is 2.13. The van der Waals surface area contributed by atoms with Crippen LogP contribution in [-0.4, -0.2) is 22.4 Å². The summed E-state index contributed by atoms with van der Waals surface area (Å²) in [6, 6.07) is 7.60. The molecule has 1 atom stereocenters. The maximum Gasteiger partial charge on any atom is 0.341 e. The summed E-state index contributed by atoms with van der Waals surface area (Å²) in [5.74, 6) is -0.368. The predicted molar refractivity (Wildman–Crippen MR) is 72.1 cm³/mol. The van der Waals surface area contributed by atoms with Crippen LogP contribution >= 0.6 is 0 Å². The zero-order chi connectivity index (χ0) is 13.8. The van der Waals surface area contributed by atoms with Gasteiger partial charge in [0.2, 0.25) is 0 Å². The molecule has 5 heteroatoms. The number of rotatable bonds is 4. The van der Waals surface area contributed by atoms with E-state index in [9.17, 15) is 4.79 Å². The quantitative estimate of drug-likeness (QED) is 0.853. The smallest absolute Gasteiger partial charge is 0.341 e. The van der Waals surface area contributed by atoms with Crippen LogP contribution in [0.25, 0.3) is 5.69 Å². The topological polar surface area (TPSA) is 70.1 Å². The standard InChI is InChI=1S/C14H17N3O2/c1-3-19-14(18)11-8-16-17(9-11)13-7-5-4-6-12(13)10(2)15/h4-10H,3,15H2,1-2H3/t10-/m1/s1. The lowest BCUT2D eigenvalue weighted by Gasteiger charge is -2.12. The van der Waals surface area contributed by atoms with Crippen LogP contribution < -0.4 is 5.73 Å². The highest BCUT2D eigenvalue weighted by molar-refractivity contribution is 5.88. The van der Waals surface area contributed by atoms with Crippen LogP contribution in [0.15, 0.2) is 36.7 Å². The average molecular weight is 259 g/mol. The van der Waals surface area contributed by atoms with Crippen molar-refractivity contribution in [3.05, 3.63) is 47.8 Å². The summed E-state index contributed by atoms with van der Waals surface area (Å²) in [5.41, 5.74) is 8.21. The lowest BCUT2D eigenvalue weighted by molar-refractivity contribution is 0.0526. The van der Waals surface area contributed by atoms with Crippen molar-refractivity contribution in [1.82, 2.24) is 9.78 Å². The zero-order valence-corrected chi connectivity index (χ0v) is 11.0. The largest absolute Gasteiger partial charge is 0.462 e. The fourth-order valence-corrected chi connectivity index (χ4v) is 1.86. The van der Waals surface area contributed by atoms with Gasteiger partial charge in [-0.1, -0.05) is 18.2 Å². The van der Waals surface area contributed by atoms with E-state index in [-0.39, 0.29) is 12.0 Å². The highest BCUT2D eigenvalue weighted by Crippen LogP contribution is 2.19. The van der Waals surface area contributed by atoms with E-state index >= 15 is 0 Å². The number of nitrogens with two attached hydrogens (primary N) is 1. The van der Waals surface area contributed by atoms with E-state index in [0.717, 1.165) is 11.3 Å². The van der Waals surface area contributed by atoms with Crippen LogP contribution in [0.2, 0.25) is 0 Å². The number of ether oxygens (including phenoxy) is 1. The van der Waals surface area contributed by atoms with Gasteiger partial charge in [-0.05, 0) is 25.5 Å². The van der Waals surface area contributed by atoms with Crippen molar-refractivity contribution in [2.45, 2.75) is 19.9 Å². The van der Waals surface area contributed by atoms with Gasteiger partial charge in [0.15, 0.2) is 0 Å². The van der Waals surface area contributed by atoms with E-state index in [1.807, 2.05) is 31.2 Å². The monoisotopic (exact) mass is 259 g/mol. The van der Waals surface area contributed by atoms with Gasteiger partial charge in [0.1, 0.15) is 0 Å². The molecule has 0 aliphatic rings. The van der Waals surface area contributed by atoms with E-state index in [2.05, 4.69) is 5.10 Å². The molecule has 100 valence electrons. The SMILES string of the molecule is CCOC(=O)c1cnn(-c2ccccc2[C@@H](C)N)c1. The van der Waals surface area contributed by atoms with Gasteiger partial charge in [0.05, 0.1) is 24.1 Å². The predicted octanol–water partition coefficient (Wildman–Crippen LogP) is 2.07. The third-order valence-corrected chi connectivity index (χ3v) is 2.77. The zero-order valence-electron chi connectivity index (χ0n) is 11.0. The summed E-state index contributed by atoms with van der Waals surface area (Å²) in [6.07, 6.45) is 3.15. The lowest BCUT2D eigenvalue weighted by atomic mass is 10.1. The normalized spacial score (nSPS) is 12.2. The van der Waals surface area contributed by atoms with Gasteiger partial charge in [0, 0.05) is 12.2 Å². The van der Waals surface area contributed by atoms with Gasteiger partial charge in [0.25, 0.3) is 0 Å². The number of aromatic nitrogens is 2. The number of hydrogen-bond donors (Lipinski definition) is 1. The minimum atomic E-state index is -0.368. The van der Waals surface area contributed by atoms with E-state index in [4.69, 9.17) is 10.5 Å². The van der Waals surface area contributed by atoms with E-state index < -0.39 is 0 Å². The molecule has 1 aromatic heterocycles. The van der Waals surface area contributed by atoms with Gasteiger partial charge < -0.3 is 10.5 Å². The second-order valence-corrected chi connectivity index (χ2v) is 4.24. The maximum atomic E-state index is 11.6. The van der Waals surface area contributed by atoms with Crippen LogP contribution in [-0.2, 0) is 4.74 Å². The van der Waals surface area contributed by atoms with Crippen molar-refractivity contribution in [2.75, 3.05) is 6.61 Å². The fraction of sp³-hybridized carbons (Fsp3) is 0.286. The molecule has 1 heterocycles. The first kappa shape index (κ1) is 13.3. The van der Waals surface area contributed by atoms with Crippen molar-refractivity contribution < 1.29 is 9.53 Å². The second-order valence-electron chi connectivity index (χ2n) is 4.24. The van der Waals surface area contributed by atoms with E-state index in [1.54, 1.807) is 17.8 Å². The number of carbonyl (C=O) groups is 1. The minimum absolute atomic E-state index is 0.105. The molecule has 0 saturated heterocycles. The number of nitrogens with zero attached hydrogens (tertiary/aromatic N) is 2.